The lowest BCUT2D eigenvalue weighted by molar-refractivity contribution is -0.118. The van der Waals surface area contributed by atoms with E-state index in [1.54, 1.807) is 28.9 Å². The van der Waals surface area contributed by atoms with E-state index in [1.807, 2.05) is 35.0 Å². The molecule has 4 nitrogen and oxygen atoms in total. The lowest BCUT2D eigenvalue weighted by Crippen LogP contribution is -2.24. The first-order valence-electron chi connectivity index (χ1n) is 6.22. The van der Waals surface area contributed by atoms with Gasteiger partial charge in [0, 0.05) is 0 Å². The monoisotopic (exact) mass is 336 g/mol. The molecule has 0 aromatic carbocycles. The molecule has 3 heterocycles. The number of aromatic nitrogens is 1. The smallest absolute Gasteiger partial charge is 0.236 e. The highest BCUT2D eigenvalue weighted by atomic mass is 32.2. The average Bonchev–Trinajstić information content (AvgIpc) is 3.24. The van der Waals surface area contributed by atoms with Crippen molar-refractivity contribution in [2.75, 3.05) is 5.75 Å². The lowest BCUT2D eigenvalue weighted by atomic mass is 10.4. The third-order valence-electron chi connectivity index (χ3n) is 2.59. The Morgan fingerprint density at radius 1 is 1.29 bits per heavy atom. The van der Waals surface area contributed by atoms with Gasteiger partial charge in [-0.05, 0) is 22.9 Å². The van der Waals surface area contributed by atoms with Crippen molar-refractivity contribution in [3.63, 3.8) is 0 Å². The SMILES string of the molecule is O=C(CSc1cccs1)NCc1coc(-c2cccs2)n1. The van der Waals surface area contributed by atoms with Crippen LogP contribution in [0.1, 0.15) is 5.69 Å². The number of nitrogens with one attached hydrogen (secondary N) is 1. The van der Waals surface area contributed by atoms with Crippen LogP contribution in [-0.2, 0) is 11.3 Å². The minimum absolute atomic E-state index is 0.00549. The summed E-state index contributed by atoms with van der Waals surface area (Å²) in [5.41, 5.74) is 0.730. The summed E-state index contributed by atoms with van der Waals surface area (Å²) >= 11 is 4.75. The zero-order chi connectivity index (χ0) is 14.5. The molecule has 0 aliphatic heterocycles. The maximum Gasteiger partial charge on any atom is 0.236 e. The number of carbonyl (C=O) groups excluding carboxylic acids is 1. The second-order valence-electron chi connectivity index (χ2n) is 4.12. The van der Waals surface area contributed by atoms with Crippen LogP contribution >= 0.6 is 34.4 Å². The number of hydrogen-bond donors (Lipinski definition) is 1. The van der Waals surface area contributed by atoms with E-state index in [4.69, 9.17) is 4.42 Å². The maximum absolute atomic E-state index is 11.8. The summed E-state index contributed by atoms with van der Waals surface area (Å²) in [7, 11) is 0. The van der Waals surface area contributed by atoms with E-state index in [2.05, 4.69) is 10.3 Å². The Balaban J connectivity index is 1.47. The molecule has 0 atom stereocenters. The Morgan fingerprint density at radius 2 is 2.14 bits per heavy atom. The van der Waals surface area contributed by atoms with Crippen LogP contribution in [0.4, 0.5) is 0 Å². The van der Waals surface area contributed by atoms with Gasteiger partial charge >= 0.3 is 0 Å². The number of thiophene rings is 2. The third-order valence-corrected chi connectivity index (χ3v) is 5.58. The van der Waals surface area contributed by atoms with Gasteiger partial charge in [0.25, 0.3) is 0 Å². The summed E-state index contributed by atoms with van der Waals surface area (Å²) in [6.45, 7) is 0.388. The Kier molecular flexibility index (Phi) is 4.74. The molecule has 21 heavy (non-hydrogen) atoms. The predicted molar refractivity (Wildman–Crippen MR) is 86.7 cm³/mol. The van der Waals surface area contributed by atoms with E-state index in [1.165, 1.54) is 11.8 Å². The van der Waals surface area contributed by atoms with Gasteiger partial charge in [-0.25, -0.2) is 4.98 Å². The molecule has 108 valence electrons. The van der Waals surface area contributed by atoms with E-state index in [9.17, 15) is 4.79 Å². The van der Waals surface area contributed by atoms with Gasteiger partial charge in [-0.1, -0.05) is 12.1 Å². The van der Waals surface area contributed by atoms with Crippen molar-refractivity contribution < 1.29 is 9.21 Å². The number of oxazole rings is 1. The summed E-state index contributed by atoms with van der Waals surface area (Å²) < 4.78 is 6.55. The zero-order valence-electron chi connectivity index (χ0n) is 10.9. The van der Waals surface area contributed by atoms with E-state index in [0.717, 1.165) is 14.8 Å². The maximum atomic E-state index is 11.8. The quantitative estimate of drug-likeness (QED) is 0.694. The van der Waals surface area contributed by atoms with Crippen LogP contribution in [0.5, 0.6) is 0 Å². The normalized spacial score (nSPS) is 10.7. The van der Waals surface area contributed by atoms with Crippen molar-refractivity contribution in [3.8, 4) is 10.8 Å². The first kappa shape index (κ1) is 14.4. The molecule has 0 fully saturated rings. The Labute approximate surface area is 134 Å². The second kappa shape index (κ2) is 6.93. The van der Waals surface area contributed by atoms with Gasteiger partial charge in [-0.3, -0.25) is 4.79 Å². The van der Waals surface area contributed by atoms with Crippen molar-refractivity contribution in [1.29, 1.82) is 0 Å². The first-order chi connectivity index (χ1) is 10.3. The molecule has 1 N–H and O–H groups in total. The summed E-state index contributed by atoms with van der Waals surface area (Å²) in [6.07, 6.45) is 1.59. The summed E-state index contributed by atoms with van der Waals surface area (Å²) in [4.78, 5) is 17.1. The van der Waals surface area contributed by atoms with Gasteiger partial charge < -0.3 is 9.73 Å². The standard InChI is InChI=1S/C14H12N2O2S3/c17-12(9-21-13-4-2-6-20-13)15-7-10-8-18-14(16-10)11-3-1-5-19-11/h1-6,8H,7,9H2,(H,15,17). The lowest BCUT2D eigenvalue weighted by Gasteiger charge is -2.01. The van der Waals surface area contributed by atoms with Crippen LogP contribution in [0.25, 0.3) is 10.8 Å². The van der Waals surface area contributed by atoms with Gasteiger partial charge in [-0.15, -0.1) is 34.4 Å². The van der Waals surface area contributed by atoms with Crippen LogP contribution in [0, 0.1) is 0 Å². The molecule has 3 aromatic heterocycles. The molecule has 3 rings (SSSR count). The highest BCUT2D eigenvalue weighted by Gasteiger charge is 2.09. The third kappa shape index (κ3) is 3.96. The van der Waals surface area contributed by atoms with Crippen molar-refractivity contribution in [3.05, 3.63) is 47.0 Å². The van der Waals surface area contributed by atoms with Crippen LogP contribution < -0.4 is 5.32 Å². The summed E-state index contributed by atoms with van der Waals surface area (Å²) in [6, 6.07) is 7.89. The molecule has 0 unspecified atom stereocenters. The van der Waals surface area contributed by atoms with Gasteiger partial charge in [0.2, 0.25) is 11.8 Å². The highest BCUT2D eigenvalue weighted by molar-refractivity contribution is 8.01. The van der Waals surface area contributed by atoms with Gasteiger partial charge in [-0.2, -0.15) is 0 Å². The Morgan fingerprint density at radius 3 is 2.90 bits per heavy atom. The largest absolute Gasteiger partial charge is 0.443 e. The second-order valence-corrected chi connectivity index (χ2v) is 7.29. The fraction of sp³-hybridized carbons (Fsp3) is 0.143. The number of nitrogens with zero attached hydrogens (tertiary/aromatic N) is 1. The van der Waals surface area contributed by atoms with Gasteiger partial charge in [0.05, 0.1) is 27.1 Å². The number of hydrogen-bond acceptors (Lipinski definition) is 6. The summed E-state index contributed by atoms with van der Waals surface area (Å²) in [5, 5.41) is 6.82. The molecule has 0 aliphatic carbocycles. The zero-order valence-corrected chi connectivity index (χ0v) is 13.4. The van der Waals surface area contributed by atoms with Crippen LogP contribution in [0.15, 0.2) is 49.9 Å². The van der Waals surface area contributed by atoms with Crippen LogP contribution in [0.2, 0.25) is 0 Å². The molecule has 0 spiro atoms. The van der Waals surface area contributed by atoms with E-state index < -0.39 is 0 Å². The number of rotatable bonds is 6. The molecule has 0 aliphatic rings. The molecule has 0 saturated carbocycles. The molecule has 0 saturated heterocycles. The van der Waals surface area contributed by atoms with Crippen LogP contribution in [-0.4, -0.2) is 16.6 Å². The van der Waals surface area contributed by atoms with Crippen molar-refractivity contribution >= 4 is 40.3 Å². The molecule has 3 aromatic rings. The molecular weight excluding hydrogens is 324 g/mol. The Hall–Kier alpha value is -1.57. The molecule has 0 radical (unpaired) electrons. The van der Waals surface area contributed by atoms with E-state index in [0.29, 0.717) is 18.2 Å². The van der Waals surface area contributed by atoms with E-state index in [-0.39, 0.29) is 5.91 Å². The fourth-order valence-corrected chi connectivity index (χ4v) is 3.89. The number of thioether (sulfide) groups is 1. The van der Waals surface area contributed by atoms with E-state index >= 15 is 0 Å². The number of carbonyl (C=O) groups is 1. The van der Waals surface area contributed by atoms with Gasteiger partial charge in [0.1, 0.15) is 6.26 Å². The topological polar surface area (TPSA) is 55.1 Å². The Bertz CT molecular complexity index is 690. The average molecular weight is 336 g/mol. The predicted octanol–water partition coefficient (Wildman–Crippen LogP) is 3.87. The number of amides is 1. The molecule has 7 heteroatoms. The van der Waals surface area contributed by atoms with Gasteiger partial charge in [0.15, 0.2) is 0 Å². The fourth-order valence-electron chi connectivity index (χ4n) is 1.62. The van der Waals surface area contributed by atoms with Crippen LogP contribution in [0.3, 0.4) is 0 Å². The first-order valence-corrected chi connectivity index (χ1v) is 8.97. The minimum atomic E-state index is -0.00549. The van der Waals surface area contributed by atoms with Crippen molar-refractivity contribution in [2.45, 2.75) is 10.8 Å². The summed E-state index contributed by atoms with van der Waals surface area (Å²) in [5.74, 6) is 1.01. The molecule has 0 bridgehead atoms. The molecule has 1 amide bonds. The highest BCUT2D eigenvalue weighted by Crippen LogP contribution is 2.24. The van der Waals surface area contributed by atoms with Crippen molar-refractivity contribution in [2.24, 2.45) is 0 Å². The molecular formula is C14H12N2O2S3. The van der Waals surface area contributed by atoms with Crippen molar-refractivity contribution in [1.82, 2.24) is 10.3 Å². The minimum Gasteiger partial charge on any atom is -0.443 e.